The summed E-state index contributed by atoms with van der Waals surface area (Å²) in [4.78, 5) is 12.1. The molecule has 0 aliphatic rings. The van der Waals surface area contributed by atoms with E-state index < -0.39 is 15.8 Å². The van der Waals surface area contributed by atoms with Gasteiger partial charge in [-0.3, -0.25) is 0 Å². The van der Waals surface area contributed by atoms with Crippen molar-refractivity contribution < 1.29 is 17.9 Å². The molecule has 4 nitrogen and oxygen atoms in total. The molecule has 0 bridgehead atoms. The van der Waals surface area contributed by atoms with Crippen LogP contribution in [0.3, 0.4) is 0 Å². The van der Waals surface area contributed by atoms with Gasteiger partial charge in [-0.25, -0.2) is 13.2 Å². The lowest BCUT2D eigenvalue weighted by molar-refractivity contribution is 0.0734. The number of hydrogen-bond acceptors (Lipinski definition) is 4. The van der Waals surface area contributed by atoms with Crippen LogP contribution < -0.4 is 4.74 Å². The van der Waals surface area contributed by atoms with Crippen LogP contribution in [0.2, 0.25) is 0 Å². The summed E-state index contributed by atoms with van der Waals surface area (Å²) >= 11 is 0. The summed E-state index contributed by atoms with van der Waals surface area (Å²) in [6.45, 7) is 2.05. The van der Waals surface area contributed by atoms with Gasteiger partial charge in [0, 0.05) is 6.26 Å². The zero-order chi connectivity index (χ0) is 15.5. The fourth-order valence-corrected chi connectivity index (χ4v) is 2.43. The Balaban J connectivity index is 2.12. The van der Waals surface area contributed by atoms with Crippen LogP contribution in [0, 0.1) is 0 Å². The van der Waals surface area contributed by atoms with Gasteiger partial charge in [0.1, 0.15) is 5.75 Å². The summed E-state index contributed by atoms with van der Waals surface area (Å²) in [5.41, 5.74) is 1.47. The highest BCUT2D eigenvalue weighted by atomic mass is 32.2. The van der Waals surface area contributed by atoms with Crippen LogP contribution in [0.15, 0.2) is 53.4 Å². The van der Waals surface area contributed by atoms with Crippen LogP contribution in [-0.2, 0) is 16.3 Å². The lowest BCUT2D eigenvalue weighted by Crippen LogP contribution is -2.09. The molecule has 0 aliphatic carbocycles. The highest BCUT2D eigenvalue weighted by Gasteiger charge is 2.11. The Morgan fingerprint density at radius 1 is 1.00 bits per heavy atom. The van der Waals surface area contributed by atoms with E-state index in [-0.39, 0.29) is 4.90 Å². The topological polar surface area (TPSA) is 60.4 Å². The molecule has 0 N–H and O–H groups in total. The van der Waals surface area contributed by atoms with Crippen LogP contribution >= 0.6 is 0 Å². The molecule has 21 heavy (non-hydrogen) atoms. The molecule has 0 radical (unpaired) electrons. The number of ether oxygens (including phenoxy) is 1. The van der Waals surface area contributed by atoms with E-state index in [2.05, 4.69) is 0 Å². The predicted molar refractivity (Wildman–Crippen MR) is 80.3 cm³/mol. The van der Waals surface area contributed by atoms with Gasteiger partial charge in [0.05, 0.1) is 10.5 Å². The second-order valence-electron chi connectivity index (χ2n) is 4.68. The third kappa shape index (κ3) is 3.92. The number of rotatable bonds is 4. The third-order valence-electron chi connectivity index (χ3n) is 3.06. The van der Waals surface area contributed by atoms with Gasteiger partial charge in [-0.2, -0.15) is 0 Å². The number of carbonyl (C=O) groups excluding carboxylic acids is 1. The number of hydrogen-bond donors (Lipinski definition) is 0. The first kappa shape index (κ1) is 15.3. The van der Waals surface area contributed by atoms with Crippen molar-refractivity contribution in [1.82, 2.24) is 0 Å². The van der Waals surface area contributed by atoms with Crippen molar-refractivity contribution in [2.24, 2.45) is 0 Å². The van der Waals surface area contributed by atoms with E-state index in [0.29, 0.717) is 11.3 Å². The molecule has 2 aromatic rings. The smallest absolute Gasteiger partial charge is 0.343 e. The highest BCUT2D eigenvalue weighted by Crippen LogP contribution is 2.16. The fraction of sp³-hybridized carbons (Fsp3) is 0.188. The molecular formula is C16H16O4S. The molecule has 0 atom stereocenters. The molecule has 5 heteroatoms. The van der Waals surface area contributed by atoms with Gasteiger partial charge in [0.15, 0.2) is 9.84 Å². The Kier molecular flexibility index (Phi) is 4.43. The van der Waals surface area contributed by atoms with E-state index in [1.165, 1.54) is 24.3 Å². The van der Waals surface area contributed by atoms with Gasteiger partial charge in [0.2, 0.25) is 0 Å². The molecule has 0 saturated carbocycles. The summed E-state index contributed by atoms with van der Waals surface area (Å²) < 4.78 is 27.9. The Bertz CT molecular complexity index is 729. The minimum Gasteiger partial charge on any atom is -0.423 e. The zero-order valence-electron chi connectivity index (χ0n) is 11.9. The lowest BCUT2D eigenvalue weighted by Gasteiger charge is -2.06. The highest BCUT2D eigenvalue weighted by molar-refractivity contribution is 7.90. The van der Waals surface area contributed by atoms with E-state index in [9.17, 15) is 13.2 Å². The van der Waals surface area contributed by atoms with Crippen LogP contribution in [0.25, 0.3) is 0 Å². The first-order valence-electron chi connectivity index (χ1n) is 6.51. The lowest BCUT2D eigenvalue weighted by atomic mass is 10.2. The number of aryl methyl sites for hydroxylation is 1. The molecular weight excluding hydrogens is 288 g/mol. The quantitative estimate of drug-likeness (QED) is 0.643. The van der Waals surface area contributed by atoms with Crippen molar-refractivity contribution in [3.63, 3.8) is 0 Å². The monoisotopic (exact) mass is 304 g/mol. The Morgan fingerprint density at radius 3 is 2.05 bits per heavy atom. The van der Waals surface area contributed by atoms with Crippen molar-refractivity contribution in [1.29, 1.82) is 0 Å². The maximum Gasteiger partial charge on any atom is 0.343 e. The van der Waals surface area contributed by atoms with E-state index in [4.69, 9.17) is 4.74 Å². The van der Waals surface area contributed by atoms with Crippen molar-refractivity contribution in [3.8, 4) is 5.75 Å². The molecule has 0 amide bonds. The van der Waals surface area contributed by atoms with Gasteiger partial charge < -0.3 is 4.74 Å². The van der Waals surface area contributed by atoms with Gasteiger partial charge in [0.25, 0.3) is 0 Å². The Hall–Kier alpha value is -2.14. The summed E-state index contributed by atoms with van der Waals surface area (Å²) in [6.07, 6.45) is 2.04. The molecule has 0 heterocycles. The van der Waals surface area contributed by atoms with E-state index >= 15 is 0 Å². The molecule has 0 aliphatic heterocycles. The second kappa shape index (κ2) is 6.10. The van der Waals surface area contributed by atoms with E-state index in [1.54, 1.807) is 12.1 Å². The number of esters is 1. The summed E-state index contributed by atoms with van der Waals surface area (Å²) in [5, 5.41) is 0. The predicted octanol–water partition coefficient (Wildman–Crippen LogP) is 2.87. The summed E-state index contributed by atoms with van der Waals surface area (Å²) in [6, 6.07) is 12.9. The Labute approximate surface area is 124 Å². The van der Waals surface area contributed by atoms with Gasteiger partial charge in [-0.15, -0.1) is 0 Å². The van der Waals surface area contributed by atoms with Gasteiger partial charge in [-0.05, 0) is 48.4 Å². The van der Waals surface area contributed by atoms with Crippen LogP contribution in [0.1, 0.15) is 22.8 Å². The maximum absolute atomic E-state index is 12.0. The van der Waals surface area contributed by atoms with Crippen molar-refractivity contribution in [3.05, 3.63) is 59.7 Å². The average molecular weight is 304 g/mol. The largest absolute Gasteiger partial charge is 0.423 e. The number of benzene rings is 2. The molecule has 0 spiro atoms. The minimum atomic E-state index is -3.26. The van der Waals surface area contributed by atoms with Crippen molar-refractivity contribution >= 4 is 15.8 Å². The standard InChI is InChI=1S/C16H16O4S/c1-3-12-4-8-14(9-5-12)20-16(17)13-6-10-15(11-7-13)21(2,18)19/h4-11H,3H2,1-2H3. The molecule has 110 valence electrons. The van der Waals surface area contributed by atoms with E-state index in [0.717, 1.165) is 18.2 Å². The first-order valence-corrected chi connectivity index (χ1v) is 8.40. The normalized spacial score (nSPS) is 11.1. The fourth-order valence-electron chi connectivity index (χ4n) is 1.80. The van der Waals surface area contributed by atoms with E-state index in [1.807, 2.05) is 19.1 Å². The number of sulfone groups is 1. The summed E-state index contributed by atoms with van der Waals surface area (Å²) in [7, 11) is -3.26. The zero-order valence-corrected chi connectivity index (χ0v) is 12.7. The van der Waals surface area contributed by atoms with Gasteiger partial charge in [-0.1, -0.05) is 19.1 Å². The number of carbonyl (C=O) groups is 1. The average Bonchev–Trinajstić information content (AvgIpc) is 2.47. The first-order chi connectivity index (χ1) is 9.90. The third-order valence-corrected chi connectivity index (χ3v) is 4.19. The molecule has 0 aromatic heterocycles. The van der Waals surface area contributed by atoms with Crippen LogP contribution in [-0.4, -0.2) is 20.6 Å². The molecule has 0 saturated heterocycles. The SMILES string of the molecule is CCc1ccc(OC(=O)c2ccc(S(C)(=O)=O)cc2)cc1. The molecule has 2 aromatic carbocycles. The Morgan fingerprint density at radius 2 is 1.57 bits per heavy atom. The van der Waals surface area contributed by atoms with Crippen molar-refractivity contribution in [2.45, 2.75) is 18.2 Å². The molecule has 0 unspecified atom stereocenters. The van der Waals surface area contributed by atoms with Gasteiger partial charge >= 0.3 is 5.97 Å². The second-order valence-corrected chi connectivity index (χ2v) is 6.70. The summed E-state index contributed by atoms with van der Waals surface area (Å²) in [5.74, 6) is -0.0521. The molecule has 0 fully saturated rings. The van der Waals surface area contributed by atoms with Crippen LogP contribution in [0.5, 0.6) is 5.75 Å². The van der Waals surface area contributed by atoms with Crippen LogP contribution in [0.4, 0.5) is 0 Å². The van der Waals surface area contributed by atoms with Crippen molar-refractivity contribution in [2.75, 3.05) is 6.26 Å². The minimum absolute atomic E-state index is 0.173. The maximum atomic E-state index is 12.0. The molecule has 2 rings (SSSR count).